The summed E-state index contributed by atoms with van der Waals surface area (Å²) in [6.07, 6.45) is -2.23. The van der Waals surface area contributed by atoms with Gasteiger partial charge in [-0.05, 0) is 34.1 Å². The van der Waals surface area contributed by atoms with Crippen molar-refractivity contribution in [1.82, 2.24) is 0 Å². The number of carboxylic acid groups (broad SMARTS) is 1. The fourth-order valence-corrected chi connectivity index (χ4v) is 2.18. The lowest BCUT2D eigenvalue weighted by Crippen LogP contribution is -2.25. The third-order valence-corrected chi connectivity index (χ3v) is 3.14. The quantitative estimate of drug-likeness (QED) is 0.746. The van der Waals surface area contributed by atoms with Crippen LogP contribution in [0.1, 0.15) is 0 Å². The molecule has 0 spiro atoms. The van der Waals surface area contributed by atoms with Gasteiger partial charge in [-0.15, -0.1) is 0 Å². The van der Waals surface area contributed by atoms with Gasteiger partial charge >= 0.3 is 12.2 Å². The Hall–Kier alpha value is -2.00. The number of methoxy groups -OCH3 is 1. The topological polar surface area (TPSA) is 122 Å². The average Bonchev–Trinajstić information content (AvgIpc) is 2.79. The number of aliphatic hydroxyl groups is 1. The van der Waals surface area contributed by atoms with Gasteiger partial charge in [-0.1, -0.05) is 0 Å². The van der Waals surface area contributed by atoms with E-state index in [4.69, 9.17) is 24.5 Å². The maximum Gasteiger partial charge on any atom is 0.414 e. The summed E-state index contributed by atoms with van der Waals surface area (Å²) in [6, 6.07) is 5.31. The molecule has 1 saturated heterocycles. The van der Waals surface area contributed by atoms with Crippen LogP contribution in [-0.4, -0.2) is 48.8 Å². The number of amides is 2. The summed E-state index contributed by atoms with van der Waals surface area (Å²) >= 11 is 3.35. The zero-order valence-corrected chi connectivity index (χ0v) is 12.7. The molecule has 0 radical (unpaired) electrons. The molecule has 0 saturated carbocycles. The molecule has 1 aliphatic heterocycles. The highest BCUT2D eigenvalue weighted by molar-refractivity contribution is 9.10. The van der Waals surface area contributed by atoms with Crippen LogP contribution in [0.15, 0.2) is 22.7 Å². The number of anilines is 1. The van der Waals surface area contributed by atoms with Crippen molar-refractivity contribution < 1.29 is 29.3 Å². The van der Waals surface area contributed by atoms with E-state index in [0.717, 1.165) is 4.47 Å². The van der Waals surface area contributed by atoms with E-state index < -0.39 is 18.3 Å². The molecule has 1 fully saturated rings. The van der Waals surface area contributed by atoms with E-state index in [1.165, 1.54) is 4.90 Å². The number of nitrogens with zero attached hydrogens (tertiary/aromatic N) is 1. The number of hydrogen-bond acceptors (Lipinski definition) is 5. The minimum atomic E-state index is -1.33. The fraction of sp³-hybridized carbons (Fsp3) is 0.333. The molecule has 1 atom stereocenters. The van der Waals surface area contributed by atoms with E-state index in [2.05, 4.69) is 21.7 Å². The average molecular weight is 363 g/mol. The van der Waals surface area contributed by atoms with Gasteiger partial charge < -0.3 is 25.4 Å². The number of primary amides is 1. The first-order chi connectivity index (χ1) is 9.88. The second-order valence-electron chi connectivity index (χ2n) is 3.96. The van der Waals surface area contributed by atoms with Crippen LogP contribution in [0, 0.1) is 0 Å². The largest absolute Gasteiger partial charge is 0.496 e. The molecule has 2 rings (SSSR count). The lowest BCUT2D eigenvalue weighted by atomic mass is 10.2. The molecule has 1 unspecified atom stereocenters. The smallest absolute Gasteiger partial charge is 0.414 e. The molecule has 0 aromatic heterocycles. The number of ether oxygens (including phenoxy) is 2. The third kappa shape index (κ3) is 4.80. The van der Waals surface area contributed by atoms with Crippen molar-refractivity contribution in [3.63, 3.8) is 0 Å². The summed E-state index contributed by atoms with van der Waals surface area (Å²) in [4.78, 5) is 21.8. The Bertz CT molecular complexity index is 520. The van der Waals surface area contributed by atoms with Gasteiger partial charge in [0.1, 0.15) is 11.9 Å². The van der Waals surface area contributed by atoms with Crippen molar-refractivity contribution in [2.45, 2.75) is 6.10 Å². The molecule has 0 aliphatic carbocycles. The van der Waals surface area contributed by atoms with Crippen molar-refractivity contribution in [2.75, 3.05) is 25.2 Å². The molecule has 116 valence electrons. The van der Waals surface area contributed by atoms with Crippen molar-refractivity contribution >= 4 is 33.8 Å². The monoisotopic (exact) mass is 362 g/mol. The lowest BCUT2D eigenvalue weighted by molar-refractivity contribution is 0.0963. The molecule has 2 amide bonds. The van der Waals surface area contributed by atoms with Crippen molar-refractivity contribution in [3.05, 3.63) is 22.7 Å². The predicted octanol–water partition coefficient (Wildman–Crippen LogP) is 1.40. The second kappa shape index (κ2) is 7.70. The summed E-state index contributed by atoms with van der Waals surface area (Å²) in [7, 11) is 1.58. The van der Waals surface area contributed by atoms with Crippen LogP contribution >= 0.6 is 15.9 Å². The Morgan fingerprint density at radius 3 is 2.67 bits per heavy atom. The number of rotatable bonds is 3. The van der Waals surface area contributed by atoms with Crippen LogP contribution in [0.2, 0.25) is 0 Å². The summed E-state index contributed by atoms with van der Waals surface area (Å²) < 4.78 is 10.8. The zero-order chi connectivity index (χ0) is 16.0. The van der Waals surface area contributed by atoms with E-state index in [0.29, 0.717) is 18.0 Å². The van der Waals surface area contributed by atoms with Crippen molar-refractivity contribution in [3.8, 4) is 5.75 Å². The van der Waals surface area contributed by atoms with E-state index in [1.54, 1.807) is 25.3 Å². The summed E-state index contributed by atoms with van der Waals surface area (Å²) in [6.45, 7) is 0.188. The van der Waals surface area contributed by atoms with E-state index in [9.17, 15) is 4.79 Å². The molecule has 1 aromatic carbocycles. The molecular weight excluding hydrogens is 348 g/mol. The molecule has 0 bridgehead atoms. The molecule has 1 aliphatic rings. The first-order valence-electron chi connectivity index (χ1n) is 5.80. The van der Waals surface area contributed by atoms with Crippen molar-refractivity contribution in [2.24, 2.45) is 5.73 Å². The number of benzene rings is 1. The van der Waals surface area contributed by atoms with Crippen LogP contribution in [0.3, 0.4) is 0 Å². The molecule has 9 heteroatoms. The molecule has 21 heavy (non-hydrogen) atoms. The Morgan fingerprint density at radius 2 is 2.24 bits per heavy atom. The zero-order valence-electron chi connectivity index (χ0n) is 11.2. The van der Waals surface area contributed by atoms with Crippen LogP contribution in [-0.2, 0) is 4.74 Å². The first kappa shape index (κ1) is 17.1. The number of cyclic esters (lactones) is 1. The highest BCUT2D eigenvalue weighted by Gasteiger charge is 2.31. The Labute approximate surface area is 129 Å². The molecular formula is C12H15BrN2O6. The van der Waals surface area contributed by atoms with Crippen LogP contribution in [0.25, 0.3) is 0 Å². The minimum absolute atomic E-state index is 0.167. The Morgan fingerprint density at radius 1 is 1.62 bits per heavy atom. The Balaban J connectivity index is 0.000000491. The van der Waals surface area contributed by atoms with Crippen LogP contribution in [0.4, 0.5) is 15.3 Å². The Kier molecular flexibility index (Phi) is 6.25. The number of halogens is 1. The predicted molar refractivity (Wildman–Crippen MR) is 77.6 cm³/mol. The minimum Gasteiger partial charge on any atom is -0.496 e. The number of hydrogen-bond donors (Lipinski definition) is 3. The van der Waals surface area contributed by atoms with Gasteiger partial charge in [-0.2, -0.15) is 0 Å². The normalized spacial score (nSPS) is 16.8. The second-order valence-corrected chi connectivity index (χ2v) is 4.81. The van der Waals surface area contributed by atoms with Gasteiger partial charge in [0.2, 0.25) is 0 Å². The SMILES string of the molecule is COc1ccc(N2CC(CO)OC2=O)cc1Br.NC(=O)O. The number of carbonyl (C=O) groups excluding carboxylic acids is 1. The van der Waals surface area contributed by atoms with Crippen molar-refractivity contribution in [1.29, 1.82) is 0 Å². The number of carbonyl (C=O) groups is 2. The van der Waals surface area contributed by atoms with Gasteiger partial charge in [0, 0.05) is 5.69 Å². The molecule has 1 aromatic rings. The third-order valence-electron chi connectivity index (χ3n) is 2.52. The fourth-order valence-electron chi connectivity index (χ4n) is 1.65. The van der Waals surface area contributed by atoms with Crippen LogP contribution < -0.4 is 15.4 Å². The van der Waals surface area contributed by atoms with Gasteiger partial charge in [-0.3, -0.25) is 4.90 Å². The molecule has 8 nitrogen and oxygen atoms in total. The standard InChI is InChI=1S/C11H12BrNO4.CH3NO2/c1-16-10-3-2-7(4-9(10)12)13-5-8(6-14)17-11(13)15;2-1(3)4/h2-4,8,14H,5-6H2,1H3;2H2,(H,3,4). The highest BCUT2D eigenvalue weighted by atomic mass is 79.9. The first-order valence-corrected chi connectivity index (χ1v) is 6.59. The summed E-state index contributed by atoms with van der Waals surface area (Å²) in [5.41, 5.74) is 4.73. The number of aliphatic hydroxyl groups excluding tert-OH is 1. The molecule has 4 N–H and O–H groups in total. The lowest BCUT2D eigenvalue weighted by Gasteiger charge is -2.14. The van der Waals surface area contributed by atoms with E-state index >= 15 is 0 Å². The maximum atomic E-state index is 11.6. The van der Waals surface area contributed by atoms with E-state index in [1.807, 2.05) is 0 Å². The molecule has 1 heterocycles. The van der Waals surface area contributed by atoms with Gasteiger partial charge in [0.25, 0.3) is 0 Å². The van der Waals surface area contributed by atoms with Gasteiger partial charge in [0.15, 0.2) is 0 Å². The van der Waals surface area contributed by atoms with Gasteiger partial charge in [-0.25, -0.2) is 9.59 Å². The highest BCUT2D eigenvalue weighted by Crippen LogP contribution is 2.31. The maximum absolute atomic E-state index is 11.6. The van der Waals surface area contributed by atoms with Crippen LogP contribution in [0.5, 0.6) is 5.75 Å². The summed E-state index contributed by atoms with van der Waals surface area (Å²) in [5.74, 6) is 0.694. The van der Waals surface area contributed by atoms with Gasteiger partial charge in [0.05, 0.1) is 24.7 Å². The summed E-state index contributed by atoms with van der Waals surface area (Å²) in [5, 5.41) is 16.1. The number of nitrogens with two attached hydrogens (primary N) is 1. The van der Waals surface area contributed by atoms with E-state index in [-0.39, 0.29) is 6.61 Å².